The summed E-state index contributed by atoms with van der Waals surface area (Å²) in [7, 11) is -3.33. The first kappa shape index (κ1) is 29.5. The molecule has 220 valence electrons. The lowest BCUT2D eigenvalue weighted by Gasteiger charge is -2.34. The second kappa shape index (κ2) is 12.5. The Hall–Kier alpha value is -4.02. The van der Waals surface area contributed by atoms with Crippen LogP contribution in [0.3, 0.4) is 0 Å². The van der Waals surface area contributed by atoms with E-state index in [1.807, 2.05) is 61.5 Å². The van der Waals surface area contributed by atoms with Crippen molar-refractivity contribution in [1.29, 1.82) is 0 Å². The molecular weight excluding hydrogens is 552 g/mol. The van der Waals surface area contributed by atoms with Crippen molar-refractivity contribution in [1.82, 2.24) is 9.80 Å². The van der Waals surface area contributed by atoms with Crippen molar-refractivity contribution in [3.8, 4) is 11.1 Å². The molecule has 0 bridgehead atoms. The molecule has 1 aliphatic heterocycles. The quantitative estimate of drug-likeness (QED) is 0.391. The predicted octanol–water partition coefficient (Wildman–Crippen LogP) is 3.95. The molecule has 1 aliphatic carbocycles. The number of sulfone groups is 1. The fourth-order valence-electron chi connectivity index (χ4n) is 5.03. The lowest BCUT2D eigenvalue weighted by atomic mass is 9.98. The summed E-state index contributed by atoms with van der Waals surface area (Å²) in [6.07, 6.45) is 2.99. The van der Waals surface area contributed by atoms with Crippen molar-refractivity contribution in [2.75, 3.05) is 48.8 Å². The molecule has 2 N–H and O–H groups in total. The van der Waals surface area contributed by atoms with E-state index < -0.39 is 15.6 Å². The van der Waals surface area contributed by atoms with E-state index in [2.05, 4.69) is 15.5 Å². The zero-order valence-corrected chi connectivity index (χ0v) is 24.7. The molecule has 9 nitrogen and oxygen atoms in total. The molecule has 0 atom stereocenters. The van der Waals surface area contributed by atoms with Gasteiger partial charge in [0.25, 0.3) is 5.91 Å². The van der Waals surface area contributed by atoms with Crippen molar-refractivity contribution >= 4 is 38.9 Å². The highest BCUT2D eigenvalue weighted by molar-refractivity contribution is 7.91. The van der Waals surface area contributed by atoms with E-state index in [9.17, 15) is 22.8 Å². The SMILES string of the molecule is Cc1ccc(NC(=O)C2CC2)cc1-c1ccc(C(=O)Nc2ccc(CN3CCN(C(=O)CS(C)(=O)=O)CC3)cc2)cc1. The molecule has 0 radical (unpaired) electrons. The molecule has 1 saturated carbocycles. The number of nitrogens with one attached hydrogen (secondary N) is 2. The Kier molecular flexibility index (Phi) is 8.74. The number of carbonyl (C=O) groups excluding carboxylic acids is 3. The summed E-state index contributed by atoms with van der Waals surface area (Å²) in [5.74, 6) is -0.778. The third-order valence-corrected chi connectivity index (χ3v) is 8.41. The largest absolute Gasteiger partial charge is 0.339 e. The van der Waals surface area contributed by atoms with Crippen LogP contribution in [0.25, 0.3) is 11.1 Å². The standard InChI is InChI=1S/C32H36N4O5S/c1-22-3-12-28(34-32(39)26-10-11-26)19-29(22)24-6-8-25(9-7-24)31(38)33-27-13-4-23(5-14-27)20-35-15-17-36(18-16-35)30(37)21-42(2,40)41/h3-9,12-14,19,26H,10-11,15-18,20-21H2,1-2H3,(H,33,38)(H,34,39). The van der Waals surface area contributed by atoms with Crippen LogP contribution in [0.4, 0.5) is 11.4 Å². The molecule has 3 aromatic rings. The van der Waals surface area contributed by atoms with Gasteiger partial charge >= 0.3 is 0 Å². The number of amides is 3. The first-order valence-electron chi connectivity index (χ1n) is 14.1. The highest BCUT2D eigenvalue weighted by Gasteiger charge is 2.29. The summed E-state index contributed by atoms with van der Waals surface area (Å²) in [6, 6.07) is 21.0. The summed E-state index contributed by atoms with van der Waals surface area (Å²) in [5, 5.41) is 5.95. The first-order chi connectivity index (χ1) is 20.0. The van der Waals surface area contributed by atoms with Gasteiger partial charge in [0.05, 0.1) is 0 Å². The van der Waals surface area contributed by atoms with E-state index in [0.717, 1.165) is 47.0 Å². The van der Waals surface area contributed by atoms with E-state index in [0.29, 0.717) is 44.0 Å². The number of nitrogens with zero attached hydrogens (tertiary/aromatic N) is 2. The van der Waals surface area contributed by atoms with Gasteiger partial charge in [-0.3, -0.25) is 19.3 Å². The van der Waals surface area contributed by atoms with Gasteiger partial charge in [0, 0.05) is 61.8 Å². The topological polar surface area (TPSA) is 116 Å². The van der Waals surface area contributed by atoms with E-state index >= 15 is 0 Å². The molecule has 1 saturated heterocycles. The maximum absolute atomic E-state index is 12.9. The van der Waals surface area contributed by atoms with Crippen molar-refractivity contribution < 1.29 is 22.8 Å². The van der Waals surface area contributed by atoms with Gasteiger partial charge in [-0.05, 0) is 78.4 Å². The Balaban J connectivity index is 1.13. The van der Waals surface area contributed by atoms with Gasteiger partial charge in [0.2, 0.25) is 11.8 Å². The summed E-state index contributed by atoms with van der Waals surface area (Å²) < 4.78 is 22.8. The minimum atomic E-state index is -3.33. The summed E-state index contributed by atoms with van der Waals surface area (Å²) in [6.45, 7) is 5.07. The number of hydrogen-bond acceptors (Lipinski definition) is 6. The van der Waals surface area contributed by atoms with Crippen LogP contribution in [-0.2, 0) is 26.0 Å². The summed E-state index contributed by atoms with van der Waals surface area (Å²) in [4.78, 5) is 41.1. The highest BCUT2D eigenvalue weighted by atomic mass is 32.2. The van der Waals surface area contributed by atoms with Gasteiger partial charge in [-0.1, -0.05) is 30.3 Å². The molecule has 3 aromatic carbocycles. The van der Waals surface area contributed by atoms with Crippen LogP contribution in [0.5, 0.6) is 0 Å². The number of aryl methyl sites for hydroxylation is 1. The Morgan fingerprint density at radius 2 is 1.48 bits per heavy atom. The van der Waals surface area contributed by atoms with Crippen LogP contribution in [0, 0.1) is 12.8 Å². The minimum Gasteiger partial charge on any atom is -0.339 e. The fourth-order valence-corrected chi connectivity index (χ4v) is 5.66. The van der Waals surface area contributed by atoms with Crippen LogP contribution in [-0.4, -0.2) is 74.1 Å². The Labute approximate surface area is 246 Å². The van der Waals surface area contributed by atoms with Gasteiger partial charge in [-0.2, -0.15) is 0 Å². The van der Waals surface area contributed by atoms with E-state index in [1.54, 1.807) is 17.0 Å². The van der Waals surface area contributed by atoms with Crippen LogP contribution in [0.15, 0.2) is 66.7 Å². The Morgan fingerprint density at radius 3 is 2.10 bits per heavy atom. The van der Waals surface area contributed by atoms with Crippen LogP contribution < -0.4 is 10.6 Å². The third kappa shape index (κ3) is 7.83. The van der Waals surface area contributed by atoms with E-state index in [-0.39, 0.29) is 23.6 Å². The van der Waals surface area contributed by atoms with Crippen molar-refractivity contribution in [3.63, 3.8) is 0 Å². The lowest BCUT2D eigenvalue weighted by molar-refractivity contribution is -0.130. The third-order valence-electron chi connectivity index (χ3n) is 7.64. The summed E-state index contributed by atoms with van der Waals surface area (Å²) in [5.41, 5.74) is 6.16. The maximum atomic E-state index is 12.9. The predicted molar refractivity (Wildman–Crippen MR) is 164 cm³/mol. The van der Waals surface area contributed by atoms with Gasteiger partial charge in [-0.25, -0.2) is 8.42 Å². The molecule has 2 fully saturated rings. The maximum Gasteiger partial charge on any atom is 0.255 e. The van der Waals surface area contributed by atoms with E-state index in [4.69, 9.17) is 0 Å². The first-order valence-corrected chi connectivity index (χ1v) is 16.2. The second-order valence-electron chi connectivity index (χ2n) is 11.2. The monoisotopic (exact) mass is 588 g/mol. The molecule has 10 heteroatoms. The minimum absolute atomic E-state index is 0.0735. The number of rotatable bonds is 9. The van der Waals surface area contributed by atoms with Crippen molar-refractivity contribution in [3.05, 3.63) is 83.4 Å². The average molecular weight is 589 g/mol. The fraction of sp³-hybridized carbons (Fsp3) is 0.344. The lowest BCUT2D eigenvalue weighted by Crippen LogP contribution is -2.49. The number of anilines is 2. The highest BCUT2D eigenvalue weighted by Crippen LogP contribution is 2.32. The van der Waals surface area contributed by atoms with Crippen LogP contribution in [0.2, 0.25) is 0 Å². The second-order valence-corrected chi connectivity index (χ2v) is 13.4. The molecular formula is C32H36N4O5S. The Bertz CT molecular complexity index is 1570. The molecule has 3 amide bonds. The molecule has 0 unspecified atom stereocenters. The van der Waals surface area contributed by atoms with Gasteiger partial charge < -0.3 is 15.5 Å². The molecule has 1 heterocycles. The number of hydrogen-bond donors (Lipinski definition) is 2. The average Bonchev–Trinajstić information content (AvgIpc) is 3.81. The molecule has 5 rings (SSSR count). The summed E-state index contributed by atoms with van der Waals surface area (Å²) >= 11 is 0. The number of piperazine rings is 1. The zero-order chi connectivity index (χ0) is 29.9. The van der Waals surface area contributed by atoms with Crippen LogP contribution >= 0.6 is 0 Å². The zero-order valence-electron chi connectivity index (χ0n) is 23.9. The van der Waals surface area contributed by atoms with Crippen molar-refractivity contribution in [2.45, 2.75) is 26.3 Å². The van der Waals surface area contributed by atoms with Crippen LogP contribution in [0.1, 0.15) is 34.3 Å². The van der Waals surface area contributed by atoms with Gasteiger partial charge in [-0.15, -0.1) is 0 Å². The van der Waals surface area contributed by atoms with Crippen molar-refractivity contribution in [2.24, 2.45) is 5.92 Å². The number of benzene rings is 3. The van der Waals surface area contributed by atoms with E-state index in [1.165, 1.54) is 0 Å². The molecule has 42 heavy (non-hydrogen) atoms. The number of carbonyl (C=O) groups is 3. The Morgan fingerprint density at radius 1 is 0.833 bits per heavy atom. The normalized spacial score (nSPS) is 15.7. The van der Waals surface area contributed by atoms with Gasteiger partial charge in [0.1, 0.15) is 5.75 Å². The van der Waals surface area contributed by atoms with Gasteiger partial charge in [0.15, 0.2) is 9.84 Å². The molecule has 2 aliphatic rings. The molecule has 0 aromatic heterocycles. The molecule has 0 spiro atoms. The smallest absolute Gasteiger partial charge is 0.255 e.